The molecule has 0 spiro atoms. The third-order valence-electron chi connectivity index (χ3n) is 14.7. The second-order valence-electron chi connectivity index (χ2n) is 24.8. The van der Waals surface area contributed by atoms with Crippen LogP contribution in [0.1, 0.15) is 132 Å². The Hall–Kier alpha value is -6.38. The molecule has 0 aliphatic heterocycles. The minimum atomic E-state index is -0.166. The van der Waals surface area contributed by atoms with Gasteiger partial charge in [-0.1, -0.05) is 195 Å². The number of nitrogens with zero attached hydrogens (tertiary/aromatic N) is 2. The van der Waals surface area contributed by atoms with Crippen LogP contribution < -0.4 is 4.90 Å². The van der Waals surface area contributed by atoms with Gasteiger partial charge in [-0.2, -0.15) is 0 Å². The number of fused-ring (bicyclic) bond motifs is 3. The van der Waals surface area contributed by atoms with Gasteiger partial charge in [0.1, 0.15) is 0 Å². The molecule has 1 heterocycles. The molecule has 2 heteroatoms. The van der Waals surface area contributed by atoms with Gasteiger partial charge in [-0.05, 0) is 148 Å². The van der Waals surface area contributed by atoms with E-state index in [9.17, 15) is 0 Å². The summed E-state index contributed by atoms with van der Waals surface area (Å²) in [6.45, 7) is 35.0. The van der Waals surface area contributed by atoms with Gasteiger partial charge in [-0.25, -0.2) is 0 Å². The predicted octanol–water partition coefficient (Wildman–Crippen LogP) is 19.3. The molecule has 0 radical (unpaired) electrons. The molecule has 0 amide bonds. The monoisotopic (exact) mass is 891 g/mol. The third kappa shape index (κ3) is 7.65. The van der Waals surface area contributed by atoms with Crippen LogP contribution in [0.3, 0.4) is 0 Å². The van der Waals surface area contributed by atoms with Gasteiger partial charge < -0.3 is 9.47 Å². The number of rotatable bonds is 5. The maximum Gasteiger partial charge on any atom is 0.0541 e. The standard InChI is InChI=1S/C66H70N2/c1-62(2,3)44-25-29-47(30-26-44)67(59-40-53(65(10,11)12)50(39-54(59)66(13,14)15)41-19-17-16-18-20-41)55-33-23-42-22-32-49-56(34-24-43-21-31-48(55)60(42)61(43)49)68-57-35-27-45(63(4,5)6)37-51(57)52-38-46(64(7,8)9)28-36-58(52)68/h16-40H,1-15H3. The van der Waals surface area contributed by atoms with Gasteiger partial charge in [0, 0.05) is 27.2 Å². The SMILES string of the molecule is CC(C)(C)c1ccc(N(c2cc(C(C)(C)C)c(-c3ccccc3)cc2C(C)(C)C)c2ccc3ccc4c(-n5c6ccc(C(C)(C)C)cc6c6cc(C(C)(C)C)ccc65)ccc5ccc2c3c54)cc1. The summed E-state index contributed by atoms with van der Waals surface area (Å²) in [6, 6.07) is 58.6. The normalized spacial score (nSPS) is 13.2. The Morgan fingerprint density at radius 3 is 1.37 bits per heavy atom. The van der Waals surface area contributed by atoms with Gasteiger partial charge in [0.2, 0.25) is 0 Å². The lowest BCUT2D eigenvalue weighted by atomic mass is 9.76. The predicted molar refractivity (Wildman–Crippen MR) is 298 cm³/mol. The molecule has 68 heavy (non-hydrogen) atoms. The first kappa shape index (κ1) is 45.4. The van der Waals surface area contributed by atoms with Gasteiger partial charge in [-0.15, -0.1) is 0 Å². The number of benzene rings is 9. The second kappa shape index (κ2) is 15.6. The van der Waals surface area contributed by atoms with Crippen molar-refractivity contribution in [3.05, 3.63) is 179 Å². The van der Waals surface area contributed by atoms with E-state index in [1.54, 1.807) is 0 Å². The average Bonchev–Trinajstić information content (AvgIpc) is 3.60. The van der Waals surface area contributed by atoms with E-state index in [4.69, 9.17) is 0 Å². The van der Waals surface area contributed by atoms with Crippen LogP contribution in [0.15, 0.2) is 152 Å². The Morgan fingerprint density at radius 2 is 0.838 bits per heavy atom. The molecule has 0 aliphatic rings. The summed E-state index contributed by atoms with van der Waals surface area (Å²) in [7, 11) is 0. The summed E-state index contributed by atoms with van der Waals surface area (Å²) in [6.07, 6.45) is 0. The molecule has 2 nitrogen and oxygen atoms in total. The van der Waals surface area contributed by atoms with Crippen molar-refractivity contribution in [1.82, 2.24) is 4.57 Å². The highest BCUT2D eigenvalue weighted by Gasteiger charge is 2.31. The maximum atomic E-state index is 2.58. The quantitative estimate of drug-likeness (QED) is 0.156. The topological polar surface area (TPSA) is 8.17 Å². The van der Waals surface area contributed by atoms with E-state index in [-0.39, 0.29) is 27.1 Å². The molecule has 0 bridgehead atoms. The summed E-state index contributed by atoms with van der Waals surface area (Å²) in [4.78, 5) is 2.58. The zero-order valence-electron chi connectivity index (χ0n) is 43.3. The van der Waals surface area contributed by atoms with Crippen LogP contribution in [0.25, 0.3) is 70.9 Å². The number of hydrogen-bond donors (Lipinski definition) is 0. The summed E-state index contributed by atoms with van der Waals surface area (Å²) < 4.78 is 2.54. The molecule has 1 aromatic heterocycles. The van der Waals surface area contributed by atoms with Crippen molar-refractivity contribution in [2.45, 2.75) is 131 Å². The lowest BCUT2D eigenvalue weighted by Gasteiger charge is -2.36. The van der Waals surface area contributed by atoms with Crippen molar-refractivity contribution in [1.29, 1.82) is 0 Å². The number of hydrogen-bond acceptors (Lipinski definition) is 1. The molecular weight excluding hydrogens is 821 g/mol. The smallest absolute Gasteiger partial charge is 0.0541 e. The lowest BCUT2D eigenvalue weighted by molar-refractivity contribution is 0.579. The second-order valence-corrected chi connectivity index (χ2v) is 24.8. The minimum Gasteiger partial charge on any atom is -0.310 e. The molecule has 0 aliphatic carbocycles. The van der Waals surface area contributed by atoms with Crippen LogP contribution in [-0.2, 0) is 27.1 Å². The number of anilines is 3. The first-order valence-electron chi connectivity index (χ1n) is 24.8. The molecule has 0 N–H and O–H groups in total. The number of aromatic nitrogens is 1. The molecule has 0 unspecified atom stereocenters. The molecule has 0 atom stereocenters. The highest BCUT2D eigenvalue weighted by Crippen LogP contribution is 2.50. The fraction of sp³-hybridized carbons (Fsp3) is 0.303. The Morgan fingerprint density at radius 1 is 0.353 bits per heavy atom. The highest BCUT2D eigenvalue weighted by atomic mass is 15.1. The summed E-state index contributed by atoms with van der Waals surface area (Å²) in [5.41, 5.74) is 16.3. The Balaban J connectivity index is 1.28. The molecule has 10 rings (SSSR count). The van der Waals surface area contributed by atoms with Crippen molar-refractivity contribution in [2.75, 3.05) is 4.90 Å². The fourth-order valence-electron chi connectivity index (χ4n) is 10.7. The molecule has 0 fully saturated rings. The molecule has 10 aromatic rings. The van der Waals surface area contributed by atoms with E-state index in [0.29, 0.717) is 0 Å². The van der Waals surface area contributed by atoms with Crippen molar-refractivity contribution in [2.24, 2.45) is 0 Å². The van der Waals surface area contributed by atoms with Crippen LogP contribution in [0.5, 0.6) is 0 Å². The Labute approximate surface area is 406 Å². The summed E-state index contributed by atoms with van der Waals surface area (Å²) >= 11 is 0. The minimum absolute atomic E-state index is 0.0293. The van der Waals surface area contributed by atoms with Crippen molar-refractivity contribution < 1.29 is 0 Å². The van der Waals surface area contributed by atoms with E-state index < -0.39 is 0 Å². The van der Waals surface area contributed by atoms with Crippen LogP contribution in [0, 0.1) is 0 Å². The molecule has 9 aromatic carbocycles. The van der Waals surface area contributed by atoms with E-state index in [2.05, 4.69) is 265 Å². The Kier molecular flexibility index (Phi) is 10.4. The molecule has 0 saturated heterocycles. The first-order chi connectivity index (χ1) is 31.9. The van der Waals surface area contributed by atoms with Crippen molar-refractivity contribution in [3.8, 4) is 16.8 Å². The first-order valence-corrected chi connectivity index (χ1v) is 24.8. The van der Waals surface area contributed by atoms with Crippen molar-refractivity contribution in [3.63, 3.8) is 0 Å². The summed E-state index contributed by atoms with van der Waals surface area (Å²) in [5.74, 6) is 0. The van der Waals surface area contributed by atoms with Crippen LogP contribution in [0.2, 0.25) is 0 Å². The largest absolute Gasteiger partial charge is 0.310 e. The van der Waals surface area contributed by atoms with Gasteiger partial charge in [0.05, 0.1) is 28.1 Å². The molecule has 0 saturated carbocycles. The maximum absolute atomic E-state index is 2.58. The van der Waals surface area contributed by atoms with Gasteiger partial charge >= 0.3 is 0 Å². The third-order valence-corrected chi connectivity index (χ3v) is 14.7. The zero-order valence-corrected chi connectivity index (χ0v) is 43.3. The van der Waals surface area contributed by atoms with Gasteiger partial charge in [0.25, 0.3) is 0 Å². The van der Waals surface area contributed by atoms with E-state index in [1.165, 1.54) is 110 Å². The van der Waals surface area contributed by atoms with E-state index >= 15 is 0 Å². The van der Waals surface area contributed by atoms with E-state index in [0.717, 1.165) is 5.69 Å². The average molecular weight is 891 g/mol. The Bertz CT molecular complexity index is 3470. The molecular formula is C66H70N2. The van der Waals surface area contributed by atoms with E-state index in [1.807, 2.05) is 0 Å². The van der Waals surface area contributed by atoms with Crippen LogP contribution >= 0.6 is 0 Å². The lowest BCUT2D eigenvalue weighted by Crippen LogP contribution is -2.22. The van der Waals surface area contributed by atoms with Gasteiger partial charge in [0.15, 0.2) is 0 Å². The van der Waals surface area contributed by atoms with Crippen LogP contribution in [-0.4, -0.2) is 4.57 Å². The zero-order chi connectivity index (χ0) is 48.5. The van der Waals surface area contributed by atoms with Crippen LogP contribution in [0.4, 0.5) is 17.1 Å². The van der Waals surface area contributed by atoms with Crippen molar-refractivity contribution >= 4 is 71.2 Å². The fourth-order valence-corrected chi connectivity index (χ4v) is 10.7. The summed E-state index contributed by atoms with van der Waals surface area (Å²) in [5, 5.41) is 10.2. The molecule has 344 valence electrons. The van der Waals surface area contributed by atoms with Gasteiger partial charge in [-0.3, -0.25) is 0 Å². The highest BCUT2D eigenvalue weighted by molar-refractivity contribution is 6.27.